The van der Waals surface area contributed by atoms with Crippen LogP contribution in [-0.4, -0.2) is 34.0 Å². The Morgan fingerprint density at radius 3 is 2.96 bits per heavy atom. The highest BCUT2D eigenvalue weighted by Crippen LogP contribution is 2.26. The molecule has 5 nitrogen and oxygen atoms in total. The molecule has 3 aromatic rings. The van der Waals surface area contributed by atoms with Crippen molar-refractivity contribution in [1.82, 2.24) is 14.5 Å². The van der Waals surface area contributed by atoms with E-state index in [1.807, 2.05) is 30.5 Å². The summed E-state index contributed by atoms with van der Waals surface area (Å²) in [5.41, 5.74) is 10.4. The number of nitrogens with zero attached hydrogens (tertiary/aromatic N) is 3. The largest absolute Gasteiger partial charge is 0.397 e. The number of benzene rings is 1. The maximum atomic E-state index is 13.1. The summed E-state index contributed by atoms with van der Waals surface area (Å²) in [5.74, 6) is -0.0631. The number of hydrogen-bond acceptors (Lipinski definition) is 4. The number of likely N-dealkylation sites (N-methyl/N-ethyl adjacent to an activating group) is 1. The van der Waals surface area contributed by atoms with Gasteiger partial charge in [-0.1, -0.05) is 18.2 Å². The number of rotatable bonds is 1. The summed E-state index contributed by atoms with van der Waals surface area (Å²) >= 11 is 0. The van der Waals surface area contributed by atoms with Crippen molar-refractivity contribution >= 4 is 22.5 Å². The number of fused-ring (bicyclic) bond motifs is 2. The van der Waals surface area contributed by atoms with Gasteiger partial charge in [-0.2, -0.15) is 0 Å². The van der Waals surface area contributed by atoms with Crippen molar-refractivity contribution < 1.29 is 4.79 Å². The maximum Gasteiger partial charge on any atom is 0.264 e. The van der Waals surface area contributed by atoms with Crippen molar-refractivity contribution in [3.63, 3.8) is 0 Å². The third-order valence-electron chi connectivity index (χ3n) is 4.52. The highest BCUT2D eigenvalue weighted by molar-refractivity contribution is 6.06. The Hall–Kier alpha value is -2.66. The van der Waals surface area contributed by atoms with Gasteiger partial charge in [-0.3, -0.25) is 14.3 Å². The number of hydrogen-bond donors (Lipinski definition) is 1. The summed E-state index contributed by atoms with van der Waals surface area (Å²) in [6.07, 6.45) is 6.12. The Morgan fingerprint density at radius 2 is 2.09 bits per heavy atom. The minimum absolute atomic E-state index is 0.0631. The van der Waals surface area contributed by atoms with E-state index in [2.05, 4.69) is 16.9 Å². The SMILES string of the molecule is CN1CCc2c(cncc2C(=O)n2cc(N)c3ccccc32)C1. The third kappa shape index (κ3) is 2.21. The molecule has 0 fully saturated rings. The van der Waals surface area contributed by atoms with Crippen LogP contribution in [0.5, 0.6) is 0 Å². The van der Waals surface area contributed by atoms with Crippen LogP contribution < -0.4 is 5.73 Å². The lowest BCUT2D eigenvalue weighted by atomic mass is 9.97. The Kier molecular flexibility index (Phi) is 3.16. The standard InChI is InChI=1S/C18H18N4O/c1-21-7-6-13-12(10-21)8-20-9-15(13)18(23)22-11-16(19)14-4-2-3-5-17(14)22/h2-5,8-9,11H,6-7,10,19H2,1H3. The molecule has 0 radical (unpaired) electrons. The van der Waals surface area contributed by atoms with Gasteiger partial charge in [-0.15, -0.1) is 0 Å². The van der Waals surface area contributed by atoms with Crippen LogP contribution in [0.15, 0.2) is 42.9 Å². The normalized spacial score (nSPS) is 14.8. The molecule has 0 atom stereocenters. The number of nitrogen functional groups attached to an aromatic ring is 1. The van der Waals surface area contributed by atoms with Gasteiger partial charge in [0.05, 0.1) is 16.8 Å². The molecule has 0 unspecified atom stereocenters. The molecular weight excluding hydrogens is 288 g/mol. The Bertz CT molecular complexity index is 913. The van der Waals surface area contributed by atoms with Gasteiger partial charge in [0, 0.05) is 37.1 Å². The summed E-state index contributed by atoms with van der Waals surface area (Å²) in [7, 11) is 2.08. The zero-order valence-corrected chi connectivity index (χ0v) is 13.0. The zero-order chi connectivity index (χ0) is 16.0. The van der Waals surface area contributed by atoms with E-state index in [1.165, 1.54) is 0 Å². The minimum Gasteiger partial charge on any atom is -0.397 e. The lowest BCUT2D eigenvalue weighted by Gasteiger charge is -2.26. The Balaban J connectivity index is 1.85. The second-order valence-electron chi connectivity index (χ2n) is 6.09. The van der Waals surface area contributed by atoms with Crippen LogP contribution in [0.2, 0.25) is 0 Å². The third-order valence-corrected chi connectivity index (χ3v) is 4.52. The van der Waals surface area contributed by atoms with E-state index in [9.17, 15) is 4.79 Å². The number of para-hydroxylation sites is 1. The fourth-order valence-electron chi connectivity index (χ4n) is 3.32. The second kappa shape index (κ2) is 5.21. The van der Waals surface area contributed by atoms with Gasteiger partial charge >= 0.3 is 0 Å². The van der Waals surface area contributed by atoms with E-state index in [-0.39, 0.29) is 5.91 Å². The number of anilines is 1. The van der Waals surface area contributed by atoms with Crippen LogP contribution >= 0.6 is 0 Å². The predicted molar refractivity (Wildman–Crippen MR) is 90.4 cm³/mol. The summed E-state index contributed by atoms with van der Waals surface area (Å²) in [6.45, 7) is 1.78. The number of pyridine rings is 1. The van der Waals surface area contributed by atoms with Crippen molar-refractivity contribution in [3.05, 3.63) is 59.5 Å². The summed E-state index contributed by atoms with van der Waals surface area (Å²) in [6, 6.07) is 7.69. The van der Waals surface area contributed by atoms with Crippen LogP contribution in [0, 0.1) is 0 Å². The van der Waals surface area contributed by atoms with Crippen molar-refractivity contribution in [2.45, 2.75) is 13.0 Å². The van der Waals surface area contributed by atoms with Crippen LogP contribution in [0.1, 0.15) is 21.5 Å². The average molecular weight is 306 g/mol. The van der Waals surface area contributed by atoms with Crippen LogP contribution in [-0.2, 0) is 13.0 Å². The first-order valence-corrected chi connectivity index (χ1v) is 7.69. The number of carbonyl (C=O) groups is 1. The summed E-state index contributed by atoms with van der Waals surface area (Å²) in [4.78, 5) is 19.6. The molecular formula is C18H18N4O. The van der Waals surface area contributed by atoms with E-state index in [1.54, 1.807) is 17.0 Å². The number of aromatic nitrogens is 2. The molecule has 2 aromatic heterocycles. The van der Waals surface area contributed by atoms with E-state index < -0.39 is 0 Å². The lowest BCUT2D eigenvalue weighted by Crippen LogP contribution is -2.29. The van der Waals surface area contributed by atoms with Gasteiger partial charge in [0.1, 0.15) is 0 Å². The molecule has 116 valence electrons. The van der Waals surface area contributed by atoms with Gasteiger partial charge in [0.25, 0.3) is 5.91 Å². The Labute approximate surface area is 134 Å². The van der Waals surface area contributed by atoms with Crippen LogP contribution in [0.3, 0.4) is 0 Å². The molecule has 5 heteroatoms. The molecule has 23 heavy (non-hydrogen) atoms. The lowest BCUT2D eigenvalue weighted by molar-refractivity contribution is 0.0963. The molecule has 0 aliphatic carbocycles. The number of nitrogens with two attached hydrogens (primary N) is 1. The molecule has 1 aromatic carbocycles. The maximum absolute atomic E-state index is 13.1. The van der Waals surface area contributed by atoms with Gasteiger partial charge in [0.2, 0.25) is 0 Å². The smallest absolute Gasteiger partial charge is 0.264 e. The zero-order valence-electron chi connectivity index (χ0n) is 13.0. The molecule has 0 spiro atoms. The quantitative estimate of drug-likeness (QED) is 0.749. The Morgan fingerprint density at radius 1 is 1.26 bits per heavy atom. The van der Waals surface area contributed by atoms with Gasteiger partial charge in [0.15, 0.2) is 0 Å². The summed E-state index contributed by atoms with van der Waals surface area (Å²) in [5, 5.41) is 0.901. The first-order chi connectivity index (χ1) is 11.1. The summed E-state index contributed by atoms with van der Waals surface area (Å²) < 4.78 is 1.64. The molecule has 0 saturated heterocycles. The predicted octanol–water partition coefficient (Wildman–Crippen LogP) is 2.29. The first-order valence-electron chi connectivity index (χ1n) is 7.69. The number of carbonyl (C=O) groups excluding carboxylic acids is 1. The van der Waals surface area contributed by atoms with Crippen molar-refractivity contribution in [3.8, 4) is 0 Å². The molecule has 0 amide bonds. The monoisotopic (exact) mass is 306 g/mol. The van der Waals surface area contributed by atoms with Crippen LogP contribution in [0.4, 0.5) is 5.69 Å². The van der Waals surface area contributed by atoms with E-state index in [0.29, 0.717) is 11.3 Å². The molecule has 1 aliphatic rings. The fourth-order valence-corrected chi connectivity index (χ4v) is 3.32. The fraction of sp³-hybridized carbons (Fsp3) is 0.222. The molecule has 0 bridgehead atoms. The van der Waals surface area contributed by atoms with Crippen LogP contribution in [0.25, 0.3) is 10.9 Å². The van der Waals surface area contributed by atoms with Crippen molar-refractivity contribution in [2.75, 3.05) is 19.3 Å². The highest BCUT2D eigenvalue weighted by Gasteiger charge is 2.22. The van der Waals surface area contributed by atoms with Gasteiger partial charge < -0.3 is 10.6 Å². The van der Waals surface area contributed by atoms with E-state index in [4.69, 9.17) is 5.73 Å². The van der Waals surface area contributed by atoms with Gasteiger partial charge in [-0.25, -0.2) is 0 Å². The first kappa shape index (κ1) is 14.0. The molecule has 1 aliphatic heterocycles. The van der Waals surface area contributed by atoms with E-state index >= 15 is 0 Å². The highest BCUT2D eigenvalue weighted by atomic mass is 16.2. The van der Waals surface area contributed by atoms with E-state index in [0.717, 1.165) is 41.5 Å². The molecule has 4 rings (SSSR count). The van der Waals surface area contributed by atoms with Crippen molar-refractivity contribution in [1.29, 1.82) is 0 Å². The van der Waals surface area contributed by atoms with Gasteiger partial charge in [-0.05, 0) is 30.7 Å². The second-order valence-corrected chi connectivity index (χ2v) is 6.09. The molecule has 3 heterocycles. The van der Waals surface area contributed by atoms with Crippen molar-refractivity contribution in [2.24, 2.45) is 0 Å². The molecule has 2 N–H and O–H groups in total. The minimum atomic E-state index is -0.0631. The molecule has 0 saturated carbocycles. The average Bonchev–Trinajstić information content (AvgIpc) is 2.91. The topological polar surface area (TPSA) is 64.2 Å².